The minimum absolute atomic E-state index is 0.177. The first-order valence-corrected chi connectivity index (χ1v) is 8.79. The van der Waals surface area contributed by atoms with E-state index in [4.69, 9.17) is 16.6 Å². The van der Waals surface area contributed by atoms with Crippen LogP contribution >= 0.6 is 34.3 Å². The van der Waals surface area contributed by atoms with E-state index in [9.17, 15) is 5.11 Å². The first-order chi connectivity index (χ1) is 9.63. The maximum Gasteiger partial charge on any atom is 0.110 e. The fraction of sp³-hybridized carbons (Fsp3) is 0.500. The molecule has 1 aliphatic carbocycles. The first kappa shape index (κ1) is 14.5. The molecule has 0 saturated heterocycles. The van der Waals surface area contributed by atoms with Gasteiger partial charge in [-0.05, 0) is 38.3 Å². The summed E-state index contributed by atoms with van der Waals surface area (Å²) in [5, 5.41) is 14.6. The Hall–Kier alpha value is -0.460. The van der Waals surface area contributed by atoms with Crippen LogP contribution in [-0.4, -0.2) is 16.6 Å². The Morgan fingerprint density at radius 1 is 1.40 bits per heavy atom. The Kier molecular flexibility index (Phi) is 4.43. The van der Waals surface area contributed by atoms with Crippen molar-refractivity contribution in [2.75, 3.05) is 6.54 Å². The van der Waals surface area contributed by atoms with E-state index in [0.29, 0.717) is 10.9 Å². The molecule has 0 bridgehead atoms. The van der Waals surface area contributed by atoms with Gasteiger partial charge in [0.05, 0.1) is 16.1 Å². The summed E-state index contributed by atoms with van der Waals surface area (Å²) >= 11 is 9.12. The van der Waals surface area contributed by atoms with Crippen molar-refractivity contribution in [3.8, 4) is 0 Å². The molecule has 0 fully saturated rings. The molecule has 6 heteroatoms. The molecule has 0 saturated carbocycles. The maximum atomic E-state index is 10.1. The lowest BCUT2D eigenvalue weighted by atomic mass is 10.2. The van der Waals surface area contributed by atoms with Gasteiger partial charge in [0.15, 0.2) is 0 Å². The monoisotopic (exact) mass is 328 g/mol. The standard InChI is InChI=1S/C14H17ClN2OS2/c1-8(14-17-9-3-2-4-11(9)20-14)16-7-10(18)12-5-6-13(15)19-12/h5-6,8,10,16,18H,2-4,7H2,1H3. The van der Waals surface area contributed by atoms with E-state index < -0.39 is 6.10 Å². The summed E-state index contributed by atoms with van der Waals surface area (Å²) in [6.07, 6.45) is 3.03. The molecule has 0 aliphatic heterocycles. The second-order valence-corrected chi connectivity index (χ2v) is 7.92. The van der Waals surface area contributed by atoms with Gasteiger partial charge in [-0.2, -0.15) is 0 Å². The predicted octanol–water partition coefficient (Wildman–Crippen LogP) is 3.73. The minimum atomic E-state index is -0.512. The van der Waals surface area contributed by atoms with Crippen LogP contribution in [0, 0.1) is 0 Å². The van der Waals surface area contributed by atoms with E-state index in [1.54, 1.807) is 0 Å². The molecule has 2 atom stereocenters. The molecule has 2 aromatic rings. The number of aliphatic hydroxyl groups excluding tert-OH is 1. The lowest BCUT2D eigenvalue weighted by Gasteiger charge is -2.14. The van der Waals surface area contributed by atoms with Crippen molar-refractivity contribution < 1.29 is 5.11 Å². The molecule has 3 nitrogen and oxygen atoms in total. The van der Waals surface area contributed by atoms with Crippen LogP contribution < -0.4 is 5.32 Å². The molecule has 20 heavy (non-hydrogen) atoms. The van der Waals surface area contributed by atoms with E-state index in [1.807, 2.05) is 23.5 Å². The first-order valence-electron chi connectivity index (χ1n) is 6.78. The van der Waals surface area contributed by atoms with Crippen molar-refractivity contribution in [1.29, 1.82) is 0 Å². The molecule has 0 radical (unpaired) electrons. The molecule has 0 amide bonds. The molecule has 0 aromatic carbocycles. The van der Waals surface area contributed by atoms with E-state index in [1.165, 1.54) is 34.7 Å². The summed E-state index contributed by atoms with van der Waals surface area (Å²) in [5.41, 5.74) is 1.28. The van der Waals surface area contributed by atoms with Gasteiger partial charge in [-0.15, -0.1) is 22.7 Å². The fourth-order valence-corrected chi connectivity index (χ4v) is 4.61. The number of aromatic nitrogens is 1. The second-order valence-electron chi connectivity index (χ2n) is 5.06. The number of aryl methyl sites for hydroxylation is 2. The van der Waals surface area contributed by atoms with E-state index in [0.717, 1.165) is 16.3 Å². The van der Waals surface area contributed by atoms with E-state index in [2.05, 4.69) is 12.2 Å². The zero-order valence-electron chi connectivity index (χ0n) is 11.2. The zero-order chi connectivity index (χ0) is 14.1. The number of rotatable bonds is 5. The predicted molar refractivity (Wildman–Crippen MR) is 84.8 cm³/mol. The summed E-state index contributed by atoms with van der Waals surface area (Å²) < 4.78 is 0.712. The van der Waals surface area contributed by atoms with Crippen molar-refractivity contribution in [2.45, 2.75) is 38.3 Å². The second kappa shape index (κ2) is 6.12. The van der Waals surface area contributed by atoms with Gasteiger partial charge in [0.1, 0.15) is 11.1 Å². The smallest absolute Gasteiger partial charge is 0.110 e. The quantitative estimate of drug-likeness (QED) is 0.879. The van der Waals surface area contributed by atoms with Gasteiger partial charge in [-0.25, -0.2) is 4.98 Å². The van der Waals surface area contributed by atoms with E-state index >= 15 is 0 Å². The van der Waals surface area contributed by atoms with Crippen LogP contribution in [0.1, 0.15) is 45.9 Å². The zero-order valence-corrected chi connectivity index (χ0v) is 13.6. The molecule has 108 valence electrons. The van der Waals surface area contributed by atoms with Crippen molar-refractivity contribution in [2.24, 2.45) is 0 Å². The highest BCUT2D eigenvalue weighted by molar-refractivity contribution is 7.16. The molecule has 0 spiro atoms. The van der Waals surface area contributed by atoms with Gasteiger partial charge in [0.2, 0.25) is 0 Å². The number of hydrogen-bond acceptors (Lipinski definition) is 5. The molecule has 2 N–H and O–H groups in total. The highest BCUT2D eigenvalue weighted by Crippen LogP contribution is 2.31. The SMILES string of the molecule is CC(NCC(O)c1ccc(Cl)s1)c1nc2c(s1)CCC2. The molecular weight excluding hydrogens is 312 g/mol. The Morgan fingerprint density at radius 2 is 2.25 bits per heavy atom. The number of nitrogens with one attached hydrogen (secondary N) is 1. The molecule has 2 heterocycles. The summed E-state index contributed by atoms with van der Waals surface area (Å²) in [6, 6.07) is 3.87. The average molecular weight is 329 g/mol. The number of fused-ring (bicyclic) bond motifs is 1. The number of aliphatic hydroxyl groups is 1. The van der Waals surface area contributed by atoms with Crippen LogP contribution in [0.4, 0.5) is 0 Å². The molecule has 2 unspecified atom stereocenters. The van der Waals surface area contributed by atoms with Crippen molar-refractivity contribution in [1.82, 2.24) is 10.3 Å². The topological polar surface area (TPSA) is 45.1 Å². The van der Waals surface area contributed by atoms with Crippen LogP contribution in [0.3, 0.4) is 0 Å². The third-order valence-corrected chi connectivity index (χ3v) is 6.19. The number of thiazole rings is 1. The summed E-state index contributed by atoms with van der Waals surface area (Å²) in [7, 11) is 0. The van der Waals surface area contributed by atoms with Gasteiger partial charge in [-0.3, -0.25) is 0 Å². The fourth-order valence-electron chi connectivity index (χ4n) is 2.38. The van der Waals surface area contributed by atoms with Crippen LogP contribution in [0.2, 0.25) is 4.34 Å². The summed E-state index contributed by atoms with van der Waals surface area (Å²) in [6.45, 7) is 2.62. The lowest BCUT2D eigenvalue weighted by Crippen LogP contribution is -2.24. The minimum Gasteiger partial charge on any atom is -0.386 e. The highest BCUT2D eigenvalue weighted by Gasteiger charge is 2.20. The van der Waals surface area contributed by atoms with Gasteiger partial charge in [0.25, 0.3) is 0 Å². The number of nitrogens with zero attached hydrogens (tertiary/aromatic N) is 1. The normalized spacial score (nSPS) is 17.1. The largest absolute Gasteiger partial charge is 0.386 e. The summed E-state index contributed by atoms with van der Waals surface area (Å²) in [4.78, 5) is 7.04. The Morgan fingerprint density at radius 3 is 2.95 bits per heavy atom. The van der Waals surface area contributed by atoms with Crippen LogP contribution in [0.25, 0.3) is 0 Å². The van der Waals surface area contributed by atoms with Crippen LogP contribution in [0.5, 0.6) is 0 Å². The maximum absolute atomic E-state index is 10.1. The number of halogens is 1. The van der Waals surface area contributed by atoms with Gasteiger partial charge >= 0.3 is 0 Å². The van der Waals surface area contributed by atoms with Gasteiger partial charge in [0, 0.05) is 16.3 Å². The average Bonchev–Trinajstić information content (AvgIpc) is 3.09. The van der Waals surface area contributed by atoms with Crippen LogP contribution in [-0.2, 0) is 12.8 Å². The highest BCUT2D eigenvalue weighted by atomic mass is 35.5. The van der Waals surface area contributed by atoms with Crippen LogP contribution in [0.15, 0.2) is 12.1 Å². The Balaban J connectivity index is 1.57. The van der Waals surface area contributed by atoms with Crippen molar-refractivity contribution in [3.05, 3.63) is 36.9 Å². The number of hydrogen-bond donors (Lipinski definition) is 2. The van der Waals surface area contributed by atoms with E-state index in [-0.39, 0.29) is 6.04 Å². The molecular formula is C14H17ClN2OS2. The van der Waals surface area contributed by atoms with Crippen molar-refractivity contribution in [3.63, 3.8) is 0 Å². The Bertz CT molecular complexity index is 574. The molecule has 2 aromatic heterocycles. The summed E-state index contributed by atoms with van der Waals surface area (Å²) in [5.74, 6) is 0. The van der Waals surface area contributed by atoms with Crippen molar-refractivity contribution >= 4 is 34.3 Å². The third-order valence-electron chi connectivity index (χ3n) is 3.52. The third kappa shape index (κ3) is 3.07. The molecule has 1 aliphatic rings. The Labute approximate surface area is 131 Å². The molecule has 3 rings (SSSR count). The number of thiophene rings is 1. The van der Waals surface area contributed by atoms with Gasteiger partial charge in [-0.1, -0.05) is 11.6 Å². The van der Waals surface area contributed by atoms with Gasteiger partial charge < -0.3 is 10.4 Å². The lowest BCUT2D eigenvalue weighted by molar-refractivity contribution is 0.174.